The third-order valence-electron chi connectivity index (χ3n) is 4.77. The number of aromatic nitrogens is 1. The number of carbonyl (C=O) groups excluding carboxylic acids is 2. The minimum absolute atomic E-state index is 0.0283. The SMILES string of the molecule is C[C@@H]1CC(=O)c2c(n(C(=O)Cc3ccccc3)c3ccccc23)C1. The van der Waals surface area contributed by atoms with Gasteiger partial charge in [0.25, 0.3) is 0 Å². The summed E-state index contributed by atoms with van der Waals surface area (Å²) in [6.07, 6.45) is 1.68. The molecule has 1 aromatic heterocycles. The van der Waals surface area contributed by atoms with Crippen molar-refractivity contribution in [1.82, 2.24) is 4.57 Å². The largest absolute Gasteiger partial charge is 0.294 e. The van der Waals surface area contributed by atoms with Crippen molar-refractivity contribution < 1.29 is 9.59 Å². The molecule has 0 unspecified atom stereocenters. The maximum atomic E-state index is 13.0. The molecule has 24 heavy (non-hydrogen) atoms. The number of benzene rings is 2. The van der Waals surface area contributed by atoms with Gasteiger partial charge in [-0.05, 0) is 24.0 Å². The van der Waals surface area contributed by atoms with Crippen LogP contribution < -0.4 is 0 Å². The molecule has 0 saturated heterocycles. The summed E-state index contributed by atoms with van der Waals surface area (Å²) in [5, 5.41) is 0.908. The summed E-state index contributed by atoms with van der Waals surface area (Å²) in [4.78, 5) is 25.6. The lowest BCUT2D eigenvalue weighted by Gasteiger charge is -2.19. The standard InChI is InChI=1S/C21H19NO2/c1-14-11-18-21(19(23)12-14)16-9-5-6-10-17(16)22(18)20(24)13-15-7-3-2-4-8-15/h2-10,14H,11-13H2,1H3/t14-/m0/s1. The van der Waals surface area contributed by atoms with Crippen molar-refractivity contribution in [1.29, 1.82) is 0 Å². The van der Waals surface area contributed by atoms with Gasteiger partial charge in [-0.15, -0.1) is 0 Å². The Balaban J connectivity index is 1.87. The molecule has 1 aliphatic rings. The second-order valence-electron chi connectivity index (χ2n) is 6.67. The van der Waals surface area contributed by atoms with E-state index in [1.807, 2.05) is 54.6 Å². The van der Waals surface area contributed by atoms with Gasteiger partial charge in [0.1, 0.15) is 0 Å². The molecular weight excluding hydrogens is 298 g/mol. The van der Waals surface area contributed by atoms with Gasteiger partial charge in [0, 0.05) is 23.1 Å². The molecular formula is C21H19NO2. The Morgan fingerprint density at radius 3 is 2.54 bits per heavy atom. The lowest BCUT2D eigenvalue weighted by atomic mass is 9.87. The Labute approximate surface area is 140 Å². The van der Waals surface area contributed by atoms with Gasteiger partial charge in [-0.25, -0.2) is 0 Å². The minimum Gasteiger partial charge on any atom is -0.294 e. The predicted molar refractivity (Wildman–Crippen MR) is 94.5 cm³/mol. The molecule has 0 amide bonds. The Hall–Kier alpha value is -2.68. The highest BCUT2D eigenvalue weighted by Crippen LogP contribution is 2.34. The van der Waals surface area contributed by atoms with Gasteiger partial charge in [-0.2, -0.15) is 0 Å². The van der Waals surface area contributed by atoms with Crippen molar-refractivity contribution in [3.8, 4) is 0 Å². The first-order chi connectivity index (χ1) is 11.6. The molecule has 1 atom stereocenters. The molecule has 0 fully saturated rings. The number of hydrogen-bond donors (Lipinski definition) is 0. The van der Waals surface area contributed by atoms with Crippen LogP contribution in [0.3, 0.4) is 0 Å². The van der Waals surface area contributed by atoms with Gasteiger partial charge in [0.05, 0.1) is 11.9 Å². The van der Waals surface area contributed by atoms with E-state index in [1.165, 1.54) is 0 Å². The zero-order valence-electron chi connectivity index (χ0n) is 13.7. The molecule has 0 radical (unpaired) electrons. The molecule has 2 aromatic carbocycles. The summed E-state index contributed by atoms with van der Waals surface area (Å²) >= 11 is 0. The second kappa shape index (κ2) is 5.75. The molecule has 3 heteroatoms. The van der Waals surface area contributed by atoms with Gasteiger partial charge in [-0.3, -0.25) is 14.2 Å². The van der Waals surface area contributed by atoms with Gasteiger partial charge in [-0.1, -0.05) is 55.5 Å². The summed E-state index contributed by atoms with van der Waals surface area (Å²) in [6, 6.07) is 17.5. The van der Waals surface area contributed by atoms with Crippen molar-refractivity contribution in [3.63, 3.8) is 0 Å². The maximum absolute atomic E-state index is 13.0. The molecule has 0 N–H and O–H groups in total. The van der Waals surface area contributed by atoms with Crippen molar-refractivity contribution in [2.45, 2.75) is 26.2 Å². The fraction of sp³-hybridized carbons (Fsp3) is 0.238. The monoisotopic (exact) mass is 317 g/mol. The number of carbonyl (C=O) groups is 2. The van der Waals surface area contributed by atoms with Crippen LogP contribution in [0.2, 0.25) is 0 Å². The number of fused-ring (bicyclic) bond motifs is 3. The number of ketones is 1. The number of nitrogens with zero attached hydrogens (tertiary/aromatic N) is 1. The second-order valence-corrected chi connectivity index (χ2v) is 6.67. The first-order valence-electron chi connectivity index (χ1n) is 8.38. The molecule has 120 valence electrons. The van der Waals surface area contributed by atoms with Crippen LogP contribution in [0.15, 0.2) is 54.6 Å². The molecule has 1 aliphatic carbocycles. The molecule has 4 rings (SSSR count). The molecule has 3 aromatic rings. The van der Waals surface area contributed by atoms with Crippen molar-refractivity contribution in [2.75, 3.05) is 0 Å². The van der Waals surface area contributed by atoms with Gasteiger partial charge in [0.15, 0.2) is 5.78 Å². The van der Waals surface area contributed by atoms with E-state index in [1.54, 1.807) is 4.57 Å². The fourth-order valence-electron chi connectivity index (χ4n) is 3.75. The molecule has 3 nitrogen and oxygen atoms in total. The van der Waals surface area contributed by atoms with Gasteiger partial charge >= 0.3 is 0 Å². The molecule has 1 heterocycles. The molecule has 0 spiro atoms. The van der Waals surface area contributed by atoms with E-state index in [0.717, 1.165) is 34.1 Å². The number of Topliss-reactive ketones (excluding diaryl/α,β-unsaturated/α-hetero) is 1. The Morgan fingerprint density at radius 1 is 1.04 bits per heavy atom. The Kier molecular flexibility index (Phi) is 3.57. The number of hydrogen-bond acceptors (Lipinski definition) is 2. The van der Waals surface area contributed by atoms with Crippen LogP contribution in [0, 0.1) is 5.92 Å². The number of para-hydroxylation sites is 1. The highest BCUT2D eigenvalue weighted by molar-refractivity contribution is 6.12. The van der Waals surface area contributed by atoms with E-state index < -0.39 is 0 Å². The van der Waals surface area contributed by atoms with E-state index in [2.05, 4.69) is 6.92 Å². The van der Waals surface area contributed by atoms with Crippen LogP contribution in [0.5, 0.6) is 0 Å². The zero-order chi connectivity index (χ0) is 16.7. The first-order valence-corrected chi connectivity index (χ1v) is 8.38. The normalized spacial score (nSPS) is 17.0. The van der Waals surface area contributed by atoms with Crippen molar-refractivity contribution in [2.24, 2.45) is 5.92 Å². The average molecular weight is 317 g/mol. The van der Waals surface area contributed by atoms with Crippen LogP contribution in [0.25, 0.3) is 10.9 Å². The topological polar surface area (TPSA) is 39.1 Å². The summed E-state index contributed by atoms with van der Waals surface area (Å²) in [5.74, 6) is 0.462. The van der Waals surface area contributed by atoms with Crippen LogP contribution >= 0.6 is 0 Å². The van der Waals surface area contributed by atoms with Crippen molar-refractivity contribution in [3.05, 3.63) is 71.4 Å². The van der Waals surface area contributed by atoms with Gasteiger partial charge < -0.3 is 0 Å². The van der Waals surface area contributed by atoms with E-state index >= 15 is 0 Å². The quantitative estimate of drug-likeness (QED) is 0.707. The average Bonchev–Trinajstić information content (AvgIpc) is 2.90. The Morgan fingerprint density at radius 2 is 1.75 bits per heavy atom. The van der Waals surface area contributed by atoms with E-state index in [9.17, 15) is 9.59 Å². The smallest absolute Gasteiger partial charge is 0.235 e. The lowest BCUT2D eigenvalue weighted by Crippen LogP contribution is -2.23. The van der Waals surface area contributed by atoms with E-state index in [4.69, 9.17) is 0 Å². The van der Waals surface area contributed by atoms with E-state index in [-0.39, 0.29) is 17.6 Å². The maximum Gasteiger partial charge on any atom is 0.235 e. The summed E-state index contributed by atoms with van der Waals surface area (Å²) in [5.41, 5.74) is 3.49. The third-order valence-corrected chi connectivity index (χ3v) is 4.77. The summed E-state index contributed by atoms with van der Waals surface area (Å²) in [7, 11) is 0. The summed E-state index contributed by atoms with van der Waals surface area (Å²) in [6.45, 7) is 2.07. The molecule has 0 saturated carbocycles. The first kappa shape index (κ1) is 14.9. The zero-order valence-corrected chi connectivity index (χ0v) is 13.7. The van der Waals surface area contributed by atoms with Crippen LogP contribution in [-0.2, 0) is 12.8 Å². The van der Waals surface area contributed by atoms with Gasteiger partial charge in [0.2, 0.25) is 5.91 Å². The Bertz CT molecular complexity index is 937. The fourth-order valence-corrected chi connectivity index (χ4v) is 3.75. The number of rotatable bonds is 2. The predicted octanol–water partition coefficient (Wildman–Crippen LogP) is 4.29. The summed E-state index contributed by atoms with van der Waals surface area (Å²) < 4.78 is 1.78. The molecule has 0 aliphatic heterocycles. The highest BCUT2D eigenvalue weighted by atomic mass is 16.2. The lowest BCUT2D eigenvalue weighted by molar-refractivity contribution is 0.0912. The van der Waals surface area contributed by atoms with Crippen LogP contribution in [0.4, 0.5) is 0 Å². The highest BCUT2D eigenvalue weighted by Gasteiger charge is 2.30. The minimum atomic E-state index is 0.0283. The van der Waals surface area contributed by atoms with Crippen LogP contribution in [-0.4, -0.2) is 16.3 Å². The van der Waals surface area contributed by atoms with E-state index in [0.29, 0.717) is 12.8 Å². The third kappa shape index (κ3) is 2.37. The van der Waals surface area contributed by atoms with Crippen LogP contribution in [0.1, 0.15) is 39.8 Å². The van der Waals surface area contributed by atoms with Crippen molar-refractivity contribution >= 4 is 22.6 Å². The molecule has 0 bridgehead atoms.